The maximum absolute atomic E-state index is 11.4. The first-order chi connectivity index (χ1) is 9.22. The van der Waals surface area contributed by atoms with Gasteiger partial charge in [0, 0.05) is 11.8 Å². The molecule has 2 aromatic rings. The van der Waals surface area contributed by atoms with Gasteiger partial charge in [0.05, 0.1) is 13.7 Å². The molecule has 0 atom stereocenters. The van der Waals surface area contributed by atoms with Crippen LogP contribution < -0.4 is 10.1 Å². The average Bonchev–Trinajstić information content (AvgIpc) is 2.88. The smallest absolute Gasteiger partial charge is 0.360 e. The number of methoxy groups -OCH3 is 1. The molecule has 0 saturated carbocycles. The predicted molar refractivity (Wildman–Crippen MR) is 68.7 cm³/mol. The van der Waals surface area contributed by atoms with Crippen molar-refractivity contribution < 1.29 is 18.7 Å². The van der Waals surface area contributed by atoms with Gasteiger partial charge in [0.2, 0.25) is 0 Å². The topological polar surface area (TPSA) is 73.6 Å². The fourth-order valence-corrected chi connectivity index (χ4v) is 1.45. The SMILES string of the molecule is CCOC(=O)c1coc(Nc2cccc(OC)c2)n1. The van der Waals surface area contributed by atoms with E-state index in [2.05, 4.69) is 10.3 Å². The first-order valence-electron chi connectivity index (χ1n) is 5.76. The van der Waals surface area contributed by atoms with Gasteiger partial charge in [-0.3, -0.25) is 0 Å². The molecule has 0 unspecified atom stereocenters. The number of ether oxygens (including phenoxy) is 2. The van der Waals surface area contributed by atoms with Crippen LogP contribution in [0.15, 0.2) is 34.9 Å². The van der Waals surface area contributed by atoms with Gasteiger partial charge in [-0.15, -0.1) is 0 Å². The van der Waals surface area contributed by atoms with E-state index in [0.717, 1.165) is 5.69 Å². The summed E-state index contributed by atoms with van der Waals surface area (Å²) in [6, 6.07) is 7.49. The Labute approximate surface area is 110 Å². The maximum atomic E-state index is 11.4. The molecule has 1 N–H and O–H groups in total. The van der Waals surface area contributed by atoms with Crippen LogP contribution in [0.5, 0.6) is 5.75 Å². The highest BCUT2D eigenvalue weighted by molar-refractivity contribution is 5.87. The van der Waals surface area contributed by atoms with E-state index in [9.17, 15) is 4.79 Å². The van der Waals surface area contributed by atoms with Crippen molar-refractivity contribution >= 4 is 17.7 Å². The van der Waals surface area contributed by atoms with Crippen LogP contribution in [0.1, 0.15) is 17.4 Å². The van der Waals surface area contributed by atoms with Crippen LogP contribution in [0.4, 0.5) is 11.7 Å². The van der Waals surface area contributed by atoms with Gasteiger partial charge in [0.1, 0.15) is 12.0 Å². The summed E-state index contributed by atoms with van der Waals surface area (Å²) in [5.74, 6) is 0.201. The third-order valence-corrected chi connectivity index (χ3v) is 2.31. The molecule has 19 heavy (non-hydrogen) atoms. The molecule has 1 aromatic carbocycles. The normalized spacial score (nSPS) is 10.0. The van der Waals surface area contributed by atoms with Crippen molar-refractivity contribution in [3.05, 3.63) is 36.2 Å². The van der Waals surface area contributed by atoms with Gasteiger partial charge in [-0.05, 0) is 19.1 Å². The third-order valence-electron chi connectivity index (χ3n) is 2.31. The van der Waals surface area contributed by atoms with E-state index in [-0.39, 0.29) is 11.7 Å². The van der Waals surface area contributed by atoms with Gasteiger partial charge >= 0.3 is 5.97 Å². The number of nitrogens with zero attached hydrogens (tertiary/aromatic N) is 1. The number of anilines is 2. The Morgan fingerprint density at radius 1 is 1.47 bits per heavy atom. The molecule has 0 aliphatic rings. The third kappa shape index (κ3) is 3.25. The second-order valence-electron chi connectivity index (χ2n) is 3.62. The fourth-order valence-electron chi connectivity index (χ4n) is 1.45. The summed E-state index contributed by atoms with van der Waals surface area (Å²) in [6.07, 6.45) is 1.25. The molecule has 0 bridgehead atoms. The number of benzene rings is 1. The van der Waals surface area contributed by atoms with Gasteiger partial charge < -0.3 is 19.2 Å². The van der Waals surface area contributed by atoms with Crippen LogP contribution >= 0.6 is 0 Å². The van der Waals surface area contributed by atoms with Crippen molar-refractivity contribution in [2.24, 2.45) is 0 Å². The molecule has 0 amide bonds. The fraction of sp³-hybridized carbons (Fsp3) is 0.231. The quantitative estimate of drug-likeness (QED) is 0.835. The van der Waals surface area contributed by atoms with E-state index in [0.29, 0.717) is 12.4 Å². The zero-order chi connectivity index (χ0) is 13.7. The molecular weight excluding hydrogens is 248 g/mol. The first-order valence-corrected chi connectivity index (χ1v) is 5.76. The molecule has 0 saturated heterocycles. The summed E-state index contributed by atoms with van der Waals surface area (Å²) in [4.78, 5) is 15.4. The molecule has 0 aliphatic carbocycles. The molecule has 1 aromatic heterocycles. The van der Waals surface area contributed by atoms with Gasteiger partial charge in [-0.2, -0.15) is 4.98 Å². The number of carbonyl (C=O) groups is 1. The molecule has 1 heterocycles. The number of hydrogen-bond donors (Lipinski definition) is 1. The molecule has 0 fully saturated rings. The Bertz CT molecular complexity index is 565. The molecule has 0 spiro atoms. The predicted octanol–water partition coefficient (Wildman–Crippen LogP) is 2.60. The van der Waals surface area contributed by atoms with E-state index in [4.69, 9.17) is 13.9 Å². The highest BCUT2D eigenvalue weighted by atomic mass is 16.5. The Kier molecular flexibility index (Phi) is 4.02. The van der Waals surface area contributed by atoms with Crippen LogP contribution in [-0.4, -0.2) is 24.7 Å². The Balaban J connectivity index is 2.09. The molecule has 0 aliphatic heterocycles. The Hall–Kier alpha value is -2.50. The number of aromatic nitrogens is 1. The van der Waals surface area contributed by atoms with E-state index < -0.39 is 5.97 Å². The lowest BCUT2D eigenvalue weighted by Crippen LogP contribution is -2.04. The lowest BCUT2D eigenvalue weighted by atomic mass is 10.3. The number of esters is 1. The maximum Gasteiger partial charge on any atom is 0.360 e. The summed E-state index contributed by atoms with van der Waals surface area (Å²) < 4.78 is 15.1. The molecule has 2 rings (SSSR count). The number of rotatable bonds is 5. The lowest BCUT2D eigenvalue weighted by Gasteiger charge is -2.03. The van der Waals surface area contributed by atoms with E-state index >= 15 is 0 Å². The average molecular weight is 262 g/mol. The monoisotopic (exact) mass is 262 g/mol. The molecule has 100 valence electrons. The summed E-state index contributed by atoms with van der Waals surface area (Å²) in [5.41, 5.74) is 0.879. The highest BCUT2D eigenvalue weighted by Gasteiger charge is 2.13. The van der Waals surface area contributed by atoms with Gasteiger partial charge in [0.15, 0.2) is 5.69 Å². The van der Waals surface area contributed by atoms with Crippen LogP contribution in [-0.2, 0) is 4.74 Å². The number of oxazole rings is 1. The van der Waals surface area contributed by atoms with E-state index in [1.54, 1.807) is 20.1 Å². The minimum absolute atomic E-state index is 0.132. The summed E-state index contributed by atoms with van der Waals surface area (Å²) >= 11 is 0. The minimum Gasteiger partial charge on any atom is -0.497 e. The standard InChI is InChI=1S/C13H14N2O4/c1-3-18-12(16)11-8-19-13(15-11)14-9-5-4-6-10(7-9)17-2/h4-8H,3H2,1-2H3,(H,14,15). The number of nitrogens with one attached hydrogen (secondary N) is 1. The van der Waals surface area contributed by atoms with Crippen molar-refractivity contribution in [2.75, 3.05) is 19.0 Å². The number of hydrogen-bond acceptors (Lipinski definition) is 6. The van der Waals surface area contributed by atoms with Crippen LogP contribution in [0.25, 0.3) is 0 Å². The molecule has 0 radical (unpaired) electrons. The second-order valence-corrected chi connectivity index (χ2v) is 3.62. The number of carbonyl (C=O) groups excluding carboxylic acids is 1. The first kappa shape index (κ1) is 12.9. The second kappa shape index (κ2) is 5.90. The summed E-state index contributed by atoms with van der Waals surface area (Å²) in [5, 5.41) is 2.93. The van der Waals surface area contributed by atoms with E-state index in [1.807, 2.05) is 18.2 Å². The van der Waals surface area contributed by atoms with Gasteiger partial charge in [-0.1, -0.05) is 6.07 Å². The van der Waals surface area contributed by atoms with Gasteiger partial charge in [-0.25, -0.2) is 4.79 Å². The molecule has 6 nitrogen and oxygen atoms in total. The minimum atomic E-state index is -0.509. The highest BCUT2D eigenvalue weighted by Crippen LogP contribution is 2.21. The van der Waals surface area contributed by atoms with Crippen molar-refractivity contribution in [2.45, 2.75) is 6.92 Å². The zero-order valence-corrected chi connectivity index (χ0v) is 10.7. The Morgan fingerprint density at radius 2 is 2.32 bits per heavy atom. The van der Waals surface area contributed by atoms with Crippen molar-refractivity contribution in [1.29, 1.82) is 0 Å². The molecular formula is C13H14N2O4. The van der Waals surface area contributed by atoms with Crippen molar-refractivity contribution in [3.63, 3.8) is 0 Å². The van der Waals surface area contributed by atoms with Gasteiger partial charge in [0.25, 0.3) is 6.01 Å². The van der Waals surface area contributed by atoms with Crippen LogP contribution in [0, 0.1) is 0 Å². The Morgan fingerprint density at radius 3 is 3.05 bits per heavy atom. The van der Waals surface area contributed by atoms with Crippen LogP contribution in [0.2, 0.25) is 0 Å². The van der Waals surface area contributed by atoms with Crippen LogP contribution in [0.3, 0.4) is 0 Å². The van der Waals surface area contributed by atoms with E-state index in [1.165, 1.54) is 6.26 Å². The van der Waals surface area contributed by atoms with Crippen molar-refractivity contribution in [3.8, 4) is 5.75 Å². The molecule has 6 heteroatoms. The zero-order valence-electron chi connectivity index (χ0n) is 10.7. The largest absolute Gasteiger partial charge is 0.497 e. The summed E-state index contributed by atoms with van der Waals surface area (Å²) in [6.45, 7) is 2.03. The lowest BCUT2D eigenvalue weighted by molar-refractivity contribution is 0.0519. The van der Waals surface area contributed by atoms with Crippen molar-refractivity contribution in [1.82, 2.24) is 4.98 Å². The summed E-state index contributed by atoms with van der Waals surface area (Å²) in [7, 11) is 1.59.